The highest BCUT2D eigenvalue weighted by atomic mass is 35.5. The summed E-state index contributed by atoms with van der Waals surface area (Å²) in [7, 11) is 0. The zero-order chi connectivity index (χ0) is 15.2. The van der Waals surface area contributed by atoms with Gasteiger partial charge in [-0.3, -0.25) is 4.79 Å². The van der Waals surface area contributed by atoms with Gasteiger partial charge >= 0.3 is 0 Å². The summed E-state index contributed by atoms with van der Waals surface area (Å²) in [5, 5.41) is 15.5. The Balaban J connectivity index is 1.88. The largest absolute Gasteiger partial charge is 0.325 e. The van der Waals surface area contributed by atoms with E-state index in [9.17, 15) is 4.79 Å². The van der Waals surface area contributed by atoms with E-state index in [-0.39, 0.29) is 11.7 Å². The van der Waals surface area contributed by atoms with Gasteiger partial charge in [0.25, 0.3) is 0 Å². The number of benzene rings is 1. The fourth-order valence-corrected chi connectivity index (χ4v) is 2.53. The van der Waals surface area contributed by atoms with Gasteiger partial charge in [0, 0.05) is 17.3 Å². The lowest BCUT2D eigenvalue weighted by Crippen LogP contribution is -2.15. The van der Waals surface area contributed by atoms with Crippen molar-refractivity contribution in [3.63, 3.8) is 0 Å². The fourth-order valence-electron chi connectivity index (χ4n) is 1.65. The number of rotatable bonds is 6. The number of carbonyl (C=O) groups is 1. The van der Waals surface area contributed by atoms with Gasteiger partial charge in [-0.1, -0.05) is 43.3 Å². The van der Waals surface area contributed by atoms with E-state index in [0.717, 1.165) is 6.54 Å². The Morgan fingerprint density at radius 1 is 1.48 bits per heavy atom. The van der Waals surface area contributed by atoms with Crippen LogP contribution < -0.4 is 5.32 Å². The van der Waals surface area contributed by atoms with Crippen LogP contribution in [0, 0.1) is 5.92 Å². The van der Waals surface area contributed by atoms with Gasteiger partial charge in [-0.2, -0.15) is 0 Å². The molecule has 1 aromatic carbocycles. The van der Waals surface area contributed by atoms with E-state index in [1.165, 1.54) is 11.8 Å². The van der Waals surface area contributed by atoms with Crippen LogP contribution in [0.4, 0.5) is 5.69 Å². The van der Waals surface area contributed by atoms with Crippen LogP contribution >= 0.6 is 23.4 Å². The van der Waals surface area contributed by atoms with Crippen LogP contribution in [0.1, 0.15) is 13.8 Å². The zero-order valence-corrected chi connectivity index (χ0v) is 13.4. The summed E-state index contributed by atoms with van der Waals surface area (Å²) in [5.74, 6) is 0.555. The molecule has 0 spiro atoms. The number of tetrazole rings is 1. The van der Waals surface area contributed by atoms with E-state index in [2.05, 4.69) is 34.7 Å². The molecule has 1 N–H and O–H groups in total. The van der Waals surface area contributed by atoms with Gasteiger partial charge in [0.1, 0.15) is 0 Å². The molecule has 2 rings (SSSR count). The van der Waals surface area contributed by atoms with Gasteiger partial charge in [-0.05, 0) is 34.5 Å². The molecule has 0 saturated heterocycles. The van der Waals surface area contributed by atoms with Gasteiger partial charge in [0.15, 0.2) is 0 Å². The first-order valence-electron chi connectivity index (χ1n) is 6.49. The number of halogens is 1. The lowest BCUT2D eigenvalue weighted by atomic mass is 10.2. The molecule has 0 radical (unpaired) electrons. The van der Waals surface area contributed by atoms with Crippen LogP contribution in [0.5, 0.6) is 0 Å². The molecule has 2 aromatic rings. The SMILES string of the molecule is CC(C)Cn1nnnc1SCC(=O)Nc1cccc(Cl)c1. The lowest BCUT2D eigenvalue weighted by Gasteiger charge is -2.07. The number of hydrogen-bond donors (Lipinski definition) is 1. The number of amides is 1. The van der Waals surface area contributed by atoms with Crippen LogP contribution in [0.15, 0.2) is 29.4 Å². The molecule has 1 heterocycles. The third-order valence-electron chi connectivity index (χ3n) is 2.48. The average Bonchev–Trinajstić information content (AvgIpc) is 2.83. The molecule has 0 aliphatic rings. The Hall–Kier alpha value is -1.60. The molecule has 0 unspecified atom stereocenters. The number of aromatic nitrogens is 4. The Morgan fingerprint density at radius 3 is 3.00 bits per heavy atom. The van der Waals surface area contributed by atoms with Gasteiger partial charge in [-0.25, -0.2) is 4.68 Å². The Morgan fingerprint density at radius 2 is 2.29 bits per heavy atom. The standard InChI is InChI=1S/C13H16ClN5OS/c1-9(2)7-19-13(16-17-18-19)21-8-12(20)15-11-5-3-4-10(14)6-11/h3-6,9H,7-8H2,1-2H3,(H,15,20). The van der Waals surface area contributed by atoms with Gasteiger partial charge < -0.3 is 5.32 Å². The summed E-state index contributed by atoms with van der Waals surface area (Å²) in [4.78, 5) is 11.9. The van der Waals surface area contributed by atoms with Crippen molar-refractivity contribution in [2.45, 2.75) is 25.5 Å². The van der Waals surface area contributed by atoms with Crippen LogP contribution in [-0.4, -0.2) is 31.9 Å². The number of carbonyl (C=O) groups excluding carboxylic acids is 1. The smallest absolute Gasteiger partial charge is 0.234 e. The van der Waals surface area contributed by atoms with Gasteiger partial charge in [0.2, 0.25) is 11.1 Å². The van der Waals surface area contributed by atoms with Crippen LogP contribution in [0.25, 0.3) is 0 Å². The summed E-state index contributed by atoms with van der Waals surface area (Å²) in [6.45, 7) is 4.90. The van der Waals surface area contributed by atoms with E-state index in [4.69, 9.17) is 11.6 Å². The van der Waals surface area contributed by atoms with Crippen molar-refractivity contribution < 1.29 is 4.79 Å². The van der Waals surface area contributed by atoms with Crippen LogP contribution in [0.2, 0.25) is 5.02 Å². The third-order valence-corrected chi connectivity index (χ3v) is 3.67. The minimum Gasteiger partial charge on any atom is -0.325 e. The molecule has 0 aliphatic heterocycles. The van der Waals surface area contributed by atoms with Crippen molar-refractivity contribution >= 4 is 35.0 Å². The molecule has 0 bridgehead atoms. The number of hydrogen-bond acceptors (Lipinski definition) is 5. The van der Waals surface area contributed by atoms with Crippen molar-refractivity contribution in [2.24, 2.45) is 5.92 Å². The molecule has 0 aliphatic carbocycles. The molecular weight excluding hydrogens is 310 g/mol. The molecule has 8 heteroatoms. The van der Waals surface area contributed by atoms with E-state index >= 15 is 0 Å². The number of thioether (sulfide) groups is 1. The van der Waals surface area contributed by atoms with Crippen molar-refractivity contribution in [1.29, 1.82) is 0 Å². The molecule has 112 valence electrons. The second kappa shape index (κ2) is 7.42. The van der Waals surface area contributed by atoms with Crippen molar-refractivity contribution in [3.8, 4) is 0 Å². The monoisotopic (exact) mass is 325 g/mol. The van der Waals surface area contributed by atoms with E-state index in [1.807, 2.05) is 0 Å². The molecule has 0 fully saturated rings. The Bertz CT molecular complexity index is 616. The molecule has 0 atom stereocenters. The van der Waals surface area contributed by atoms with Crippen LogP contribution in [-0.2, 0) is 11.3 Å². The van der Waals surface area contributed by atoms with E-state index in [1.54, 1.807) is 28.9 Å². The second-order valence-electron chi connectivity index (χ2n) is 4.88. The first-order valence-corrected chi connectivity index (χ1v) is 7.85. The van der Waals surface area contributed by atoms with Crippen molar-refractivity contribution in [1.82, 2.24) is 20.2 Å². The minimum absolute atomic E-state index is 0.124. The Kier molecular flexibility index (Phi) is 5.58. The van der Waals surface area contributed by atoms with E-state index in [0.29, 0.717) is 21.8 Å². The maximum atomic E-state index is 11.9. The highest BCUT2D eigenvalue weighted by Gasteiger charge is 2.11. The van der Waals surface area contributed by atoms with Gasteiger partial charge in [-0.15, -0.1) is 5.10 Å². The number of anilines is 1. The summed E-state index contributed by atoms with van der Waals surface area (Å²) >= 11 is 7.18. The maximum Gasteiger partial charge on any atom is 0.234 e. The highest BCUT2D eigenvalue weighted by Crippen LogP contribution is 2.17. The van der Waals surface area contributed by atoms with Crippen molar-refractivity contribution in [3.05, 3.63) is 29.3 Å². The lowest BCUT2D eigenvalue weighted by molar-refractivity contribution is -0.113. The first-order chi connectivity index (χ1) is 10.0. The molecule has 6 nitrogen and oxygen atoms in total. The number of nitrogens with one attached hydrogen (secondary N) is 1. The summed E-state index contributed by atoms with van der Waals surface area (Å²) in [6.07, 6.45) is 0. The second-order valence-corrected chi connectivity index (χ2v) is 6.26. The van der Waals surface area contributed by atoms with Gasteiger partial charge in [0.05, 0.1) is 5.75 Å². The summed E-state index contributed by atoms with van der Waals surface area (Å²) in [6, 6.07) is 7.03. The molecule has 0 saturated carbocycles. The summed E-state index contributed by atoms with van der Waals surface area (Å²) in [5.41, 5.74) is 0.676. The van der Waals surface area contributed by atoms with E-state index < -0.39 is 0 Å². The maximum absolute atomic E-state index is 11.9. The predicted molar refractivity (Wildman–Crippen MR) is 83.5 cm³/mol. The number of nitrogens with zero attached hydrogens (tertiary/aromatic N) is 4. The highest BCUT2D eigenvalue weighted by molar-refractivity contribution is 7.99. The molecule has 21 heavy (non-hydrogen) atoms. The van der Waals surface area contributed by atoms with Crippen LogP contribution in [0.3, 0.4) is 0 Å². The third kappa shape index (κ3) is 5.02. The topological polar surface area (TPSA) is 72.7 Å². The first kappa shape index (κ1) is 15.8. The average molecular weight is 326 g/mol. The Labute approximate surface area is 132 Å². The molecule has 1 amide bonds. The normalized spacial score (nSPS) is 10.9. The fraction of sp³-hybridized carbons (Fsp3) is 0.385. The molecule has 1 aromatic heterocycles. The van der Waals surface area contributed by atoms with Crippen molar-refractivity contribution in [2.75, 3.05) is 11.1 Å². The quantitative estimate of drug-likeness (QED) is 0.827. The minimum atomic E-state index is -0.124. The molecular formula is C13H16ClN5OS. The predicted octanol–water partition coefficient (Wildman–Crippen LogP) is 2.71. The summed E-state index contributed by atoms with van der Waals surface area (Å²) < 4.78 is 1.71. The zero-order valence-electron chi connectivity index (χ0n) is 11.8.